The van der Waals surface area contributed by atoms with Crippen LogP contribution in [0.2, 0.25) is 0 Å². The Bertz CT molecular complexity index is 438. The molecule has 2 saturated heterocycles. The van der Waals surface area contributed by atoms with Gasteiger partial charge in [-0.2, -0.15) is 4.98 Å². The number of H-pyrrole nitrogens is 1. The predicted molar refractivity (Wildman–Crippen MR) is 65.9 cm³/mol. The number of likely N-dealkylation sites (tertiary alicyclic amines) is 2. The van der Waals surface area contributed by atoms with E-state index in [1.807, 2.05) is 4.90 Å². The smallest absolute Gasteiger partial charge is 0.291 e. The van der Waals surface area contributed by atoms with Gasteiger partial charge in [0.2, 0.25) is 11.8 Å². The first-order chi connectivity index (χ1) is 8.74. The van der Waals surface area contributed by atoms with Gasteiger partial charge < -0.3 is 10.6 Å². The molecule has 0 radical (unpaired) electrons. The summed E-state index contributed by atoms with van der Waals surface area (Å²) in [5, 5.41) is 6.26. The van der Waals surface area contributed by atoms with Gasteiger partial charge in [-0.1, -0.05) is 0 Å². The lowest BCUT2D eigenvalue weighted by Gasteiger charge is -2.23. The van der Waals surface area contributed by atoms with Crippen LogP contribution < -0.4 is 5.73 Å². The van der Waals surface area contributed by atoms with Crippen molar-refractivity contribution in [3.8, 4) is 0 Å². The standard InChI is InChI=1S/C11H18N6O/c12-11-13-9(14-15-11)10(18)17-6-3-8(7-17)16-4-1-2-5-16/h8H,1-7H2,(H3,12,13,14,15). The number of carbonyl (C=O) groups excluding carboxylic acids is 1. The van der Waals surface area contributed by atoms with Crippen LogP contribution in [0.15, 0.2) is 0 Å². The Kier molecular flexibility index (Phi) is 2.91. The van der Waals surface area contributed by atoms with Crippen LogP contribution >= 0.6 is 0 Å². The highest BCUT2D eigenvalue weighted by Gasteiger charge is 2.32. The third-order valence-electron chi connectivity index (χ3n) is 3.81. The molecule has 7 nitrogen and oxygen atoms in total. The molecule has 2 fully saturated rings. The van der Waals surface area contributed by atoms with Gasteiger partial charge in [-0.05, 0) is 32.4 Å². The van der Waals surface area contributed by atoms with Gasteiger partial charge in [0.1, 0.15) is 0 Å². The number of aromatic amines is 1. The number of nitrogens with two attached hydrogens (primary N) is 1. The molecule has 2 aliphatic heterocycles. The fourth-order valence-corrected chi connectivity index (χ4v) is 2.85. The summed E-state index contributed by atoms with van der Waals surface area (Å²) in [6.45, 7) is 3.92. The summed E-state index contributed by atoms with van der Waals surface area (Å²) in [7, 11) is 0. The molecule has 3 N–H and O–H groups in total. The number of carbonyl (C=O) groups is 1. The third kappa shape index (κ3) is 2.05. The minimum Gasteiger partial charge on any atom is -0.366 e. The number of hydrogen-bond acceptors (Lipinski definition) is 5. The average Bonchev–Trinajstić information content (AvgIpc) is 3.09. The summed E-state index contributed by atoms with van der Waals surface area (Å²) in [5.41, 5.74) is 5.41. The van der Waals surface area contributed by atoms with Crippen molar-refractivity contribution in [2.24, 2.45) is 0 Å². The van der Waals surface area contributed by atoms with Crippen LogP contribution in [0.25, 0.3) is 0 Å². The first-order valence-corrected chi connectivity index (χ1v) is 6.45. The van der Waals surface area contributed by atoms with E-state index in [1.54, 1.807) is 0 Å². The van der Waals surface area contributed by atoms with E-state index in [9.17, 15) is 4.79 Å². The molecule has 98 valence electrons. The number of amides is 1. The van der Waals surface area contributed by atoms with Crippen LogP contribution in [0.4, 0.5) is 5.95 Å². The fourth-order valence-electron chi connectivity index (χ4n) is 2.85. The number of rotatable bonds is 2. The van der Waals surface area contributed by atoms with Crippen molar-refractivity contribution in [2.75, 3.05) is 31.9 Å². The van der Waals surface area contributed by atoms with E-state index in [2.05, 4.69) is 20.1 Å². The molecule has 1 unspecified atom stereocenters. The highest BCUT2D eigenvalue weighted by atomic mass is 16.2. The van der Waals surface area contributed by atoms with E-state index in [4.69, 9.17) is 5.73 Å². The highest BCUT2D eigenvalue weighted by molar-refractivity contribution is 5.90. The first-order valence-electron chi connectivity index (χ1n) is 6.45. The van der Waals surface area contributed by atoms with Gasteiger partial charge in [-0.3, -0.25) is 14.8 Å². The second-order valence-corrected chi connectivity index (χ2v) is 4.98. The van der Waals surface area contributed by atoms with Gasteiger partial charge >= 0.3 is 0 Å². The number of nitrogens with one attached hydrogen (secondary N) is 1. The maximum Gasteiger partial charge on any atom is 0.291 e. The molecule has 1 amide bonds. The van der Waals surface area contributed by atoms with Crippen molar-refractivity contribution in [3.05, 3.63) is 5.82 Å². The highest BCUT2D eigenvalue weighted by Crippen LogP contribution is 2.21. The Morgan fingerprint density at radius 1 is 1.33 bits per heavy atom. The second kappa shape index (κ2) is 4.56. The summed E-state index contributed by atoms with van der Waals surface area (Å²) in [5.74, 6) is 0.268. The largest absolute Gasteiger partial charge is 0.366 e. The Morgan fingerprint density at radius 2 is 2.11 bits per heavy atom. The number of nitrogens with zero attached hydrogens (tertiary/aromatic N) is 4. The molecule has 1 aromatic heterocycles. The molecule has 1 atom stereocenters. The lowest BCUT2D eigenvalue weighted by atomic mass is 10.2. The van der Waals surface area contributed by atoms with Crippen molar-refractivity contribution in [3.63, 3.8) is 0 Å². The minimum absolute atomic E-state index is 0.0964. The summed E-state index contributed by atoms with van der Waals surface area (Å²) in [4.78, 5) is 20.3. The molecule has 1 aromatic rings. The predicted octanol–water partition coefficient (Wildman–Crippen LogP) is -0.303. The zero-order valence-corrected chi connectivity index (χ0v) is 10.3. The van der Waals surface area contributed by atoms with E-state index in [0.29, 0.717) is 6.04 Å². The van der Waals surface area contributed by atoms with Crippen molar-refractivity contribution >= 4 is 11.9 Å². The monoisotopic (exact) mass is 250 g/mol. The van der Waals surface area contributed by atoms with E-state index in [0.717, 1.165) is 19.5 Å². The van der Waals surface area contributed by atoms with E-state index in [1.165, 1.54) is 25.9 Å². The molecule has 7 heteroatoms. The molecule has 0 aliphatic carbocycles. The van der Waals surface area contributed by atoms with Gasteiger partial charge in [0.05, 0.1) is 0 Å². The van der Waals surface area contributed by atoms with Gasteiger partial charge in [-0.25, -0.2) is 0 Å². The number of anilines is 1. The van der Waals surface area contributed by atoms with E-state index >= 15 is 0 Å². The van der Waals surface area contributed by atoms with Crippen LogP contribution in [-0.4, -0.2) is 63.1 Å². The SMILES string of the molecule is Nc1n[nH]c(C(=O)N2CCC(N3CCCC3)C2)n1. The summed E-state index contributed by atoms with van der Waals surface area (Å²) in [6.07, 6.45) is 3.61. The van der Waals surface area contributed by atoms with Crippen molar-refractivity contribution in [1.82, 2.24) is 25.0 Å². The Morgan fingerprint density at radius 3 is 2.78 bits per heavy atom. The van der Waals surface area contributed by atoms with Crippen LogP contribution in [0, 0.1) is 0 Å². The molecule has 0 saturated carbocycles. The molecule has 3 heterocycles. The lowest BCUT2D eigenvalue weighted by Crippen LogP contribution is -2.37. The maximum atomic E-state index is 12.1. The van der Waals surface area contributed by atoms with Gasteiger partial charge in [0.15, 0.2) is 0 Å². The quantitative estimate of drug-likeness (QED) is 0.751. The van der Waals surface area contributed by atoms with Gasteiger partial charge in [0, 0.05) is 19.1 Å². The molecule has 0 aromatic carbocycles. The molecular formula is C11H18N6O. The van der Waals surface area contributed by atoms with Crippen molar-refractivity contribution in [1.29, 1.82) is 0 Å². The zero-order chi connectivity index (χ0) is 12.5. The molecule has 3 rings (SSSR count). The number of aromatic nitrogens is 3. The Balaban J connectivity index is 1.63. The average molecular weight is 250 g/mol. The Labute approximate surface area is 105 Å². The summed E-state index contributed by atoms with van der Waals surface area (Å²) >= 11 is 0. The molecule has 2 aliphatic rings. The summed E-state index contributed by atoms with van der Waals surface area (Å²) in [6, 6.07) is 0.511. The molecule has 0 bridgehead atoms. The first kappa shape index (κ1) is 11.5. The maximum absolute atomic E-state index is 12.1. The molecule has 0 spiro atoms. The topological polar surface area (TPSA) is 91.1 Å². The zero-order valence-electron chi connectivity index (χ0n) is 10.3. The Hall–Kier alpha value is -1.63. The van der Waals surface area contributed by atoms with Crippen LogP contribution in [-0.2, 0) is 0 Å². The summed E-state index contributed by atoms with van der Waals surface area (Å²) < 4.78 is 0. The molecular weight excluding hydrogens is 232 g/mol. The van der Waals surface area contributed by atoms with Crippen molar-refractivity contribution in [2.45, 2.75) is 25.3 Å². The van der Waals surface area contributed by atoms with Crippen molar-refractivity contribution < 1.29 is 4.79 Å². The number of hydrogen-bond donors (Lipinski definition) is 2. The minimum atomic E-state index is -0.0964. The fraction of sp³-hybridized carbons (Fsp3) is 0.727. The third-order valence-corrected chi connectivity index (χ3v) is 3.81. The van der Waals surface area contributed by atoms with Crippen LogP contribution in [0.1, 0.15) is 29.9 Å². The normalized spacial score (nSPS) is 24.9. The van der Waals surface area contributed by atoms with Gasteiger partial charge in [0.25, 0.3) is 5.91 Å². The van der Waals surface area contributed by atoms with E-state index < -0.39 is 0 Å². The second-order valence-electron chi connectivity index (χ2n) is 4.98. The lowest BCUT2D eigenvalue weighted by molar-refractivity contribution is 0.0768. The van der Waals surface area contributed by atoms with Crippen LogP contribution in [0.5, 0.6) is 0 Å². The van der Waals surface area contributed by atoms with E-state index in [-0.39, 0.29) is 17.7 Å². The van der Waals surface area contributed by atoms with Gasteiger partial charge in [-0.15, -0.1) is 5.10 Å². The van der Waals surface area contributed by atoms with Crippen LogP contribution in [0.3, 0.4) is 0 Å². The molecule has 18 heavy (non-hydrogen) atoms. The number of nitrogen functional groups attached to an aromatic ring is 1.